The highest BCUT2D eigenvalue weighted by atomic mass is 14.6. The van der Waals surface area contributed by atoms with Crippen LogP contribution in [0.4, 0.5) is 5.69 Å². The molecule has 0 heterocycles. The fraction of sp³-hybridized carbons (Fsp3) is 0.100. The number of allylic oxidation sites excluding steroid dienone is 1. The predicted molar refractivity (Wildman–Crippen MR) is 47.4 cm³/mol. The van der Waals surface area contributed by atoms with Crippen LogP contribution in [0.25, 0.3) is 10.9 Å². The van der Waals surface area contributed by atoms with E-state index >= 15 is 0 Å². The Labute approximate surface area is 66.8 Å². The van der Waals surface area contributed by atoms with Crippen molar-refractivity contribution in [2.24, 2.45) is 0 Å². The van der Waals surface area contributed by atoms with E-state index in [0.717, 1.165) is 5.56 Å². The lowest BCUT2D eigenvalue weighted by atomic mass is 10.2. The van der Waals surface area contributed by atoms with Crippen LogP contribution < -0.4 is 0 Å². The quantitative estimate of drug-likeness (QED) is 0.531. The first kappa shape index (κ1) is 7.56. The molecule has 0 bridgehead atoms. The van der Waals surface area contributed by atoms with Crippen LogP contribution in [0.5, 0.6) is 0 Å². The molecule has 0 aliphatic rings. The molecule has 0 saturated heterocycles. The summed E-state index contributed by atoms with van der Waals surface area (Å²) in [4.78, 5) is 3.39. The SMILES string of the molecule is [C-]#[N+]c1ccccc1C=CC. The van der Waals surface area contributed by atoms with Gasteiger partial charge < -0.3 is 0 Å². The van der Waals surface area contributed by atoms with Crippen molar-refractivity contribution in [2.45, 2.75) is 6.92 Å². The molecule has 0 aromatic heterocycles. The Kier molecular flexibility index (Phi) is 2.46. The Hall–Kier alpha value is -1.55. The number of rotatable bonds is 1. The van der Waals surface area contributed by atoms with Gasteiger partial charge in [-0.15, -0.1) is 0 Å². The summed E-state index contributed by atoms with van der Waals surface area (Å²) in [7, 11) is 0. The number of para-hydroxylation sites is 1. The minimum Gasteiger partial charge on any atom is -0.238 e. The van der Waals surface area contributed by atoms with Gasteiger partial charge in [-0.3, -0.25) is 0 Å². The smallest absolute Gasteiger partial charge is 0.194 e. The summed E-state index contributed by atoms with van der Waals surface area (Å²) in [5, 5.41) is 0. The minimum absolute atomic E-state index is 0.714. The fourth-order valence-electron chi connectivity index (χ4n) is 0.910. The monoisotopic (exact) mass is 143 g/mol. The van der Waals surface area contributed by atoms with Crippen molar-refractivity contribution in [2.75, 3.05) is 0 Å². The van der Waals surface area contributed by atoms with Gasteiger partial charge in [0.2, 0.25) is 0 Å². The van der Waals surface area contributed by atoms with Crippen LogP contribution >= 0.6 is 0 Å². The standard InChI is InChI=1S/C10H9N/c1-3-6-9-7-4-5-8-10(9)11-2/h3-8H,1H3. The maximum absolute atomic E-state index is 6.85. The van der Waals surface area contributed by atoms with E-state index < -0.39 is 0 Å². The van der Waals surface area contributed by atoms with Crippen LogP contribution in [0.3, 0.4) is 0 Å². The van der Waals surface area contributed by atoms with Gasteiger partial charge in [-0.05, 0) is 12.5 Å². The molecule has 1 aromatic carbocycles. The molecule has 1 aromatic rings. The zero-order valence-corrected chi connectivity index (χ0v) is 6.41. The highest BCUT2D eigenvalue weighted by Crippen LogP contribution is 2.19. The molecule has 0 atom stereocenters. The maximum atomic E-state index is 6.85. The molecular weight excluding hydrogens is 134 g/mol. The number of hydrogen-bond donors (Lipinski definition) is 0. The van der Waals surface area contributed by atoms with Gasteiger partial charge in [-0.25, -0.2) is 4.85 Å². The van der Waals surface area contributed by atoms with Crippen molar-refractivity contribution in [3.05, 3.63) is 47.3 Å². The van der Waals surface area contributed by atoms with Gasteiger partial charge in [0.15, 0.2) is 5.69 Å². The molecule has 1 heteroatoms. The van der Waals surface area contributed by atoms with Crippen LogP contribution in [0.15, 0.2) is 30.3 Å². The second-order valence-corrected chi connectivity index (χ2v) is 2.17. The molecule has 54 valence electrons. The Bertz CT molecular complexity index is 305. The van der Waals surface area contributed by atoms with Gasteiger partial charge in [0.1, 0.15) is 0 Å². The van der Waals surface area contributed by atoms with Crippen LogP contribution in [-0.2, 0) is 0 Å². The molecule has 0 radical (unpaired) electrons. The Morgan fingerprint density at radius 2 is 2.09 bits per heavy atom. The molecular formula is C10H9N. The first-order valence-corrected chi connectivity index (χ1v) is 3.47. The van der Waals surface area contributed by atoms with Gasteiger partial charge in [0.05, 0.1) is 6.57 Å². The third-order valence-electron chi connectivity index (χ3n) is 1.40. The van der Waals surface area contributed by atoms with Crippen molar-refractivity contribution in [1.82, 2.24) is 0 Å². The van der Waals surface area contributed by atoms with Crippen LogP contribution in [-0.4, -0.2) is 0 Å². The number of hydrogen-bond acceptors (Lipinski definition) is 0. The van der Waals surface area contributed by atoms with Gasteiger partial charge in [-0.2, -0.15) is 0 Å². The molecule has 0 aliphatic carbocycles. The molecule has 1 nitrogen and oxygen atoms in total. The third-order valence-corrected chi connectivity index (χ3v) is 1.40. The van der Waals surface area contributed by atoms with Gasteiger partial charge >= 0.3 is 0 Å². The van der Waals surface area contributed by atoms with Crippen molar-refractivity contribution in [1.29, 1.82) is 0 Å². The van der Waals surface area contributed by atoms with E-state index in [1.54, 1.807) is 0 Å². The van der Waals surface area contributed by atoms with Crippen molar-refractivity contribution >= 4 is 11.8 Å². The van der Waals surface area contributed by atoms with E-state index in [-0.39, 0.29) is 0 Å². The topological polar surface area (TPSA) is 4.36 Å². The summed E-state index contributed by atoms with van der Waals surface area (Å²) < 4.78 is 0. The number of nitrogens with zero attached hydrogens (tertiary/aromatic N) is 1. The van der Waals surface area contributed by atoms with Crippen LogP contribution in [0.2, 0.25) is 0 Å². The van der Waals surface area contributed by atoms with E-state index in [2.05, 4.69) is 4.85 Å². The summed E-state index contributed by atoms with van der Waals surface area (Å²) in [5.41, 5.74) is 1.70. The molecule has 0 aliphatic heterocycles. The first-order chi connectivity index (χ1) is 5.38. The van der Waals surface area contributed by atoms with Gasteiger partial charge in [-0.1, -0.05) is 36.4 Å². The molecule has 0 unspecified atom stereocenters. The lowest BCUT2D eigenvalue weighted by Gasteiger charge is -1.94. The highest BCUT2D eigenvalue weighted by molar-refractivity contribution is 5.66. The van der Waals surface area contributed by atoms with Crippen molar-refractivity contribution in [3.63, 3.8) is 0 Å². The average Bonchev–Trinajstić information content (AvgIpc) is 2.06. The molecule has 0 N–H and O–H groups in total. The normalized spacial score (nSPS) is 9.82. The number of benzene rings is 1. The lowest BCUT2D eigenvalue weighted by Crippen LogP contribution is -1.69. The molecule has 0 fully saturated rings. The van der Waals surface area contributed by atoms with Crippen LogP contribution in [0.1, 0.15) is 12.5 Å². The summed E-state index contributed by atoms with van der Waals surface area (Å²) >= 11 is 0. The zero-order chi connectivity index (χ0) is 8.10. The Balaban J connectivity index is 3.15. The second-order valence-electron chi connectivity index (χ2n) is 2.17. The lowest BCUT2D eigenvalue weighted by molar-refractivity contribution is 1.65. The van der Waals surface area contributed by atoms with Crippen LogP contribution in [0, 0.1) is 6.57 Å². The second kappa shape index (κ2) is 3.58. The third kappa shape index (κ3) is 1.68. The maximum Gasteiger partial charge on any atom is 0.194 e. The summed E-state index contributed by atoms with van der Waals surface area (Å²) in [6.45, 7) is 8.80. The largest absolute Gasteiger partial charge is 0.238 e. The molecule has 11 heavy (non-hydrogen) atoms. The van der Waals surface area contributed by atoms with E-state index in [4.69, 9.17) is 6.57 Å². The average molecular weight is 143 g/mol. The Morgan fingerprint density at radius 3 is 2.73 bits per heavy atom. The van der Waals surface area contributed by atoms with Crippen molar-refractivity contribution < 1.29 is 0 Å². The molecule has 0 amide bonds. The van der Waals surface area contributed by atoms with E-state index in [9.17, 15) is 0 Å². The molecule has 0 saturated carbocycles. The summed E-state index contributed by atoms with van der Waals surface area (Å²) in [6, 6.07) is 7.57. The van der Waals surface area contributed by atoms with E-state index in [1.807, 2.05) is 43.3 Å². The Morgan fingerprint density at radius 1 is 1.36 bits per heavy atom. The first-order valence-electron chi connectivity index (χ1n) is 3.47. The van der Waals surface area contributed by atoms with Gasteiger partial charge in [0.25, 0.3) is 0 Å². The predicted octanol–water partition coefficient (Wildman–Crippen LogP) is 3.27. The molecule has 1 rings (SSSR count). The van der Waals surface area contributed by atoms with Gasteiger partial charge in [0, 0.05) is 0 Å². The fourth-order valence-corrected chi connectivity index (χ4v) is 0.910. The summed E-state index contributed by atoms with van der Waals surface area (Å²) in [5.74, 6) is 0. The highest BCUT2D eigenvalue weighted by Gasteiger charge is 1.93. The minimum atomic E-state index is 0.714. The van der Waals surface area contributed by atoms with Crippen molar-refractivity contribution in [3.8, 4) is 0 Å². The van der Waals surface area contributed by atoms with E-state index in [1.165, 1.54) is 0 Å². The molecule has 0 spiro atoms. The zero-order valence-electron chi connectivity index (χ0n) is 6.41. The summed E-state index contributed by atoms with van der Waals surface area (Å²) in [6.07, 6.45) is 3.87. The van der Waals surface area contributed by atoms with E-state index in [0.29, 0.717) is 5.69 Å².